The maximum Gasteiger partial charge on any atom is 0.416 e. The van der Waals surface area contributed by atoms with E-state index in [2.05, 4.69) is 146 Å². The topological polar surface area (TPSA) is 30.7 Å². The summed E-state index contributed by atoms with van der Waals surface area (Å²) in [4.78, 5) is 10.4. The van der Waals surface area contributed by atoms with Crippen molar-refractivity contribution in [3.8, 4) is 61.8 Å². The molecule has 12 aromatic rings. The first-order valence-corrected chi connectivity index (χ1v) is 22.9. The molecule has 68 heavy (non-hydrogen) atoms. The number of hydrogen-bond acceptors (Lipinski definition) is 2. The third-order valence-corrected chi connectivity index (χ3v) is 14.2. The number of nitrogens with zero attached hydrogens (tertiary/aromatic N) is 3. The lowest BCUT2D eigenvalue weighted by Crippen LogP contribution is -2.14. The number of halogens is 3. The van der Waals surface area contributed by atoms with Gasteiger partial charge < -0.3 is 0 Å². The summed E-state index contributed by atoms with van der Waals surface area (Å²) in [5.41, 5.74) is 12.9. The zero-order valence-electron chi connectivity index (χ0n) is 37.1. The minimum atomic E-state index is -4.42. The fraction of sp³-hybridized carbons (Fsp3) is 0.0645. The lowest BCUT2D eigenvalue weighted by atomic mass is 9.81. The van der Waals surface area contributed by atoms with Crippen LogP contribution < -0.4 is 0 Å². The zero-order valence-corrected chi connectivity index (χ0v) is 37.1. The first-order valence-electron chi connectivity index (χ1n) is 22.9. The van der Waals surface area contributed by atoms with E-state index in [1.165, 1.54) is 33.2 Å². The first-order chi connectivity index (χ1) is 33.1. The van der Waals surface area contributed by atoms with Crippen LogP contribution in [0.25, 0.3) is 116 Å². The smallest absolute Gasteiger partial charge is 0.294 e. The van der Waals surface area contributed by atoms with Gasteiger partial charge in [-0.15, -0.1) is 0 Å². The molecule has 6 heteroatoms. The largest absolute Gasteiger partial charge is 0.416 e. The van der Waals surface area contributed by atoms with Gasteiger partial charge in [0.1, 0.15) is 5.82 Å². The van der Waals surface area contributed by atoms with Gasteiger partial charge in [-0.2, -0.15) is 13.2 Å². The van der Waals surface area contributed by atoms with Gasteiger partial charge in [-0.3, -0.25) is 4.57 Å². The number of fused-ring (bicyclic) bond motifs is 12. The average molecular weight is 884 g/mol. The molecule has 1 aliphatic rings. The van der Waals surface area contributed by atoms with Crippen LogP contribution in [0.4, 0.5) is 13.2 Å². The lowest BCUT2D eigenvalue weighted by Gasteiger charge is -2.22. The van der Waals surface area contributed by atoms with Gasteiger partial charge >= 0.3 is 6.18 Å². The number of hydrogen-bond donors (Lipinski definition) is 0. The third-order valence-electron chi connectivity index (χ3n) is 14.2. The highest BCUT2D eigenvalue weighted by atomic mass is 19.4. The predicted octanol–water partition coefficient (Wildman–Crippen LogP) is 17.0. The van der Waals surface area contributed by atoms with Gasteiger partial charge in [-0.05, 0) is 125 Å². The summed E-state index contributed by atoms with van der Waals surface area (Å²) in [6.07, 6.45) is -4.42. The van der Waals surface area contributed by atoms with E-state index < -0.39 is 11.7 Å². The Hall–Kier alpha value is -8.35. The molecule has 0 fully saturated rings. The number of rotatable bonds is 5. The maximum absolute atomic E-state index is 13.7. The van der Waals surface area contributed by atoms with Crippen LogP contribution in [0.1, 0.15) is 30.5 Å². The molecule has 0 atom stereocenters. The molecule has 3 nitrogen and oxygen atoms in total. The summed E-state index contributed by atoms with van der Waals surface area (Å²) in [7, 11) is 0. The Morgan fingerprint density at radius 2 is 0.926 bits per heavy atom. The quantitative estimate of drug-likeness (QED) is 0.161. The average Bonchev–Trinajstić information content (AvgIpc) is 3.82. The van der Waals surface area contributed by atoms with Crippen LogP contribution in [0.3, 0.4) is 0 Å². The highest BCUT2D eigenvalue weighted by Gasteiger charge is 2.35. The van der Waals surface area contributed by atoms with Gasteiger partial charge in [-0.1, -0.05) is 166 Å². The summed E-state index contributed by atoms with van der Waals surface area (Å²) in [5, 5.41) is 8.79. The summed E-state index contributed by atoms with van der Waals surface area (Å²) in [5.74, 6) is 1.30. The Kier molecular flexibility index (Phi) is 8.72. The molecule has 10 aromatic carbocycles. The minimum absolute atomic E-state index is 0.114. The van der Waals surface area contributed by atoms with Crippen LogP contribution in [0.2, 0.25) is 0 Å². The molecule has 1 aliphatic carbocycles. The van der Waals surface area contributed by atoms with Crippen molar-refractivity contribution in [1.82, 2.24) is 14.5 Å². The molecule has 13 rings (SSSR count). The van der Waals surface area contributed by atoms with Crippen molar-refractivity contribution in [1.29, 1.82) is 0 Å². The number of benzene rings is 10. The van der Waals surface area contributed by atoms with Crippen LogP contribution in [-0.2, 0) is 11.6 Å². The van der Waals surface area contributed by atoms with Crippen molar-refractivity contribution in [3.63, 3.8) is 0 Å². The molecule has 0 aliphatic heterocycles. The van der Waals surface area contributed by atoms with E-state index in [-0.39, 0.29) is 5.41 Å². The van der Waals surface area contributed by atoms with Gasteiger partial charge in [0.2, 0.25) is 0 Å². The SMILES string of the molecule is CC1(C)c2ccccc2-c2ccc(-c3ccc4c(c3)c3ccccc3c3cc5c6cc(-c7ccc(C(F)(F)F)cc7)ccc6n(-c6cc(-c7ccccc7)nc(-c7ccccc7)n6)c5cc43)cc21. The molecule has 0 bridgehead atoms. The van der Waals surface area contributed by atoms with E-state index in [1.54, 1.807) is 12.1 Å². The van der Waals surface area contributed by atoms with Crippen LogP contribution >= 0.6 is 0 Å². The molecule has 0 spiro atoms. The first kappa shape index (κ1) is 40.0. The van der Waals surface area contributed by atoms with E-state index in [9.17, 15) is 13.2 Å². The van der Waals surface area contributed by atoms with Crippen LogP contribution in [0.15, 0.2) is 206 Å². The number of alkyl halides is 3. The number of aromatic nitrogens is 3. The van der Waals surface area contributed by atoms with E-state index in [0.29, 0.717) is 17.2 Å². The Morgan fingerprint density at radius 3 is 1.68 bits per heavy atom. The van der Waals surface area contributed by atoms with Gasteiger partial charge in [0, 0.05) is 33.4 Å². The van der Waals surface area contributed by atoms with Gasteiger partial charge in [0.05, 0.1) is 22.3 Å². The van der Waals surface area contributed by atoms with E-state index in [0.717, 1.165) is 88.8 Å². The Balaban J connectivity index is 1.07. The predicted molar refractivity (Wildman–Crippen MR) is 273 cm³/mol. The Bertz CT molecular complexity index is 3960. The van der Waals surface area contributed by atoms with E-state index in [4.69, 9.17) is 9.97 Å². The second-order valence-corrected chi connectivity index (χ2v) is 18.5. The van der Waals surface area contributed by atoms with Gasteiger partial charge in [0.25, 0.3) is 0 Å². The van der Waals surface area contributed by atoms with Crippen molar-refractivity contribution >= 4 is 54.1 Å². The maximum atomic E-state index is 13.7. The highest BCUT2D eigenvalue weighted by Crippen LogP contribution is 2.50. The van der Waals surface area contributed by atoms with Crippen molar-refractivity contribution in [2.24, 2.45) is 0 Å². The van der Waals surface area contributed by atoms with Crippen LogP contribution in [0, 0.1) is 0 Å². The standard InChI is InChI=1S/C62H40F3N3/c1-61(2)54-20-12-11-19-47(54)48-29-24-42(33-55(48)61)41-23-28-46-49(31-41)44-17-9-10-18-45(44)50-34-53-52-32-40(37-21-26-43(27-22-37)62(63,64)65)25-30-57(52)68(58(53)35-51(46)50)59-36-56(38-13-5-3-6-14-38)66-60(67-59)39-15-7-4-8-16-39/h3-36H,1-2H3. The Morgan fingerprint density at radius 1 is 0.382 bits per heavy atom. The fourth-order valence-corrected chi connectivity index (χ4v) is 10.8. The summed E-state index contributed by atoms with van der Waals surface area (Å²) >= 11 is 0. The molecule has 0 saturated heterocycles. The molecule has 324 valence electrons. The summed E-state index contributed by atoms with van der Waals surface area (Å²) in [6, 6.07) is 69.6. The monoisotopic (exact) mass is 883 g/mol. The summed E-state index contributed by atoms with van der Waals surface area (Å²) < 4.78 is 43.2. The third kappa shape index (κ3) is 6.21. The molecular weight excluding hydrogens is 844 g/mol. The molecule has 0 radical (unpaired) electrons. The minimum Gasteiger partial charge on any atom is -0.294 e. The van der Waals surface area contributed by atoms with Gasteiger partial charge in [0.15, 0.2) is 5.82 Å². The molecule has 2 aromatic heterocycles. The van der Waals surface area contributed by atoms with Gasteiger partial charge in [-0.25, -0.2) is 9.97 Å². The van der Waals surface area contributed by atoms with Crippen LogP contribution in [-0.4, -0.2) is 14.5 Å². The second kappa shape index (κ2) is 14.8. The Labute approximate surface area is 390 Å². The van der Waals surface area contributed by atoms with Crippen molar-refractivity contribution in [3.05, 3.63) is 223 Å². The fourth-order valence-electron chi connectivity index (χ4n) is 10.8. The molecular formula is C62H40F3N3. The molecule has 0 unspecified atom stereocenters. The van der Waals surface area contributed by atoms with Crippen LogP contribution in [0.5, 0.6) is 0 Å². The lowest BCUT2D eigenvalue weighted by molar-refractivity contribution is -0.137. The van der Waals surface area contributed by atoms with Crippen molar-refractivity contribution in [2.75, 3.05) is 0 Å². The molecule has 0 saturated carbocycles. The molecule has 0 amide bonds. The summed E-state index contributed by atoms with van der Waals surface area (Å²) in [6.45, 7) is 4.65. The highest BCUT2D eigenvalue weighted by molar-refractivity contribution is 6.29. The van der Waals surface area contributed by atoms with E-state index in [1.807, 2.05) is 54.6 Å². The zero-order chi connectivity index (χ0) is 45.9. The molecule has 0 N–H and O–H groups in total. The van der Waals surface area contributed by atoms with Crippen molar-refractivity contribution in [2.45, 2.75) is 25.4 Å². The molecule has 2 heterocycles. The normalized spacial score (nSPS) is 13.2. The van der Waals surface area contributed by atoms with E-state index >= 15 is 0 Å². The second-order valence-electron chi connectivity index (χ2n) is 18.5. The van der Waals surface area contributed by atoms with Crippen molar-refractivity contribution < 1.29 is 13.2 Å².